The van der Waals surface area contributed by atoms with Crippen LogP contribution in [-0.4, -0.2) is 49.2 Å². The monoisotopic (exact) mass is 531 g/mol. The van der Waals surface area contributed by atoms with Crippen molar-refractivity contribution >= 4 is 11.7 Å². The summed E-state index contributed by atoms with van der Waals surface area (Å²) in [7, 11) is 4.81. The highest BCUT2D eigenvalue weighted by Gasteiger charge is 2.42. The second-order valence-corrected chi connectivity index (χ2v) is 10.4. The molecule has 2 aromatic carbocycles. The molecule has 0 spiro atoms. The van der Waals surface area contributed by atoms with Crippen molar-refractivity contribution in [2.45, 2.75) is 51.5 Å². The van der Waals surface area contributed by atoms with E-state index in [2.05, 4.69) is 5.10 Å². The Hall–Kier alpha value is -3.53. The van der Waals surface area contributed by atoms with Crippen molar-refractivity contribution in [1.29, 1.82) is 0 Å². The SMILES string of the molecule is COC(=O)C(OC(C)(C)C)c1c(C(F)(F)F)ccc(-n2cc(N(C)C)cn2)c1-c1ccc2c(c1)CCCO2. The van der Waals surface area contributed by atoms with E-state index in [9.17, 15) is 18.0 Å². The first-order valence-corrected chi connectivity index (χ1v) is 12.3. The molecule has 0 radical (unpaired) electrons. The number of alkyl halides is 3. The highest BCUT2D eigenvalue weighted by Crippen LogP contribution is 2.46. The number of benzene rings is 2. The van der Waals surface area contributed by atoms with Gasteiger partial charge < -0.3 is 19.1 Å². The summed E-state index contributed by atoms with van der Waals surface area (Å²) in [5.74, 6) is -0.237. The Labute approximate surface area is 220 Å². The lowest BCUT2D eigenvalue weighted by atomic mass is 9.88. The van der Waals surface area contributed by atoms with Crippen LogP contribution in [0.2, 0.25) is 0 Å². The van der Waals surface area contributed by atoms with Crippen molar-refractivity contribution in [3.05, 3.63) is 59.4 Å². The third-order valence-corrected chi connectivity index (χ3v) is 6.21. The number of aryl methyl sites for hydroxylation is 1. The lowest BCUT2D eigenvalue weighted by molar-refractivity contribution is -0.166. The van der Waals surface area contributed by atoms with Gasteiger partial charge in [0.25, 0.3) is 0 Å². The number of esters is 1. The minimum Gasteiger partial charge on any atom is -0.493 e. The van der Waals surface area contributed by atoms with Crippen molar-refractivity contribution in [1.82, 2.24) is 9.78 Å². The topological polar surface area (TPSA) is 65.8 Å². The summed E-state index contributed by atoms with van der Waals surface area (Å²) < 4.78 is 61.9. The van der Waals surface area contributed by atoms with Crippen LogP contribution < -0.4 is 9.64 Å². The van der Waals surface area contributed by atoms with Gasteiger partial charge in [-0.3, -0.25) is 0 Å². The maximum Gasteiger partial charge on any atom is 0.416 e. The first-order valence-electron chi connectivity index (χ1n) is 12.3. The average molecular weight is 532 g/mol. The second-order valence-electron chi connectivity index (χ2n) is 10.4. The second kappa shape index (κ2) is 10.3. The van der Waals surface area contributed by atoms with Crippen molar-refractivity contribution < 1.29 is 32.2 Å². The highest BCUT2D eigenvalue weighted by atomic mass is 19.4. The van der Waals surface area contributed by atoms with Gasteiger partial charge in [-0.05, 0) is 69.0 Å². The molecule has 0 amide bonds. The molecular formula is C28H32F3N3O4. The third-order valence-electron chi connectivity index (χ3n) is 6.21. The smallest absolute Gasteiger partial charge is 0.416 e. The lowest BCUT2D eigenvalue weighted by Gasteiger charge is -2.30. The molecule has 2 heterocycles. The molecule has 1 unspecified atom stereocenters. The number of anilines is 1. The van der Waals surface area contributed by atoms with Crippen molar-refractivity contribution in [3.63, 3.8) is 0 Å². The molecule has 1 aliphatic rings. The number of fused-ring (bicyclic) bond motifs is 1. The molecule has 0 saturated carbocycles. The molecule has 38 heavy (non-hydrogen) atoms. The Morgan fingerprint density at radius 3 is 2.50 bits per heavy atom. The molecule has 0 N–H and O–H groups in total. The van der Waals surface area contributed by atoms with E-state index in [4.69, 9.17) is 14.2 Å². The number of rotatable bonds is 6. The van der Waals surface area contributed by atoms with E-state index < -0.39 is 29.4 Å². The minimum atomic E-state index is -4.77. The zero-order valence-corrected chi connectivity index (χ0v) is 22.3. The molecule has 204 valence electrons. The first-order chi connectivity index (χ1) is 17.8. The van der Waals surface area contributed by atoms with Gasteiger partial charge in [-0.25, -0.2) is 9.48 Å². The van der Waals surface area contributed by atoms with Crippen molar-refractivity contribution in [3.8, 4) is 22.6 Å². The van der Waals surface area contributed by atoms with E-state index in [1.54, 1.807) is 45.3 Å². The summed E-state index contributed by atoms with van der Waals surface area (Å²) in [6, 6.07) is 7.61. The summed E-state index contributed by atoms with van der Waals surface area (Å²) in [6.45, 7) is 5.60. The highest BCUT2D eigenvalue weighted by molar-refractivity contribution is 5.86. The number of nitrogens with zero attached hydrogens (tertiary/aromatic N) is 3. The number of methoxy groups -OCH3 is 1. The largest absolute Gasteiger partial charge is 0.493 e. The van der Waals surface area contributed by atoms with E-state index in [0.717, 1.165) is 37.3 Å². The maximum absolute atomic E-state index is 14.6. The van der Waals surface area contributed by atoms with Crippen LogP contribution in [0.5, 0.6) is 5.75 Å². The molecule has 0 fully saturated rings. The van der Waals surface area contributed by atoms with Gasteiger partial charge in [0.15, 0.2) is 6.10 Å². The maximum atomic E-state index is 14.6. The van der Waals surface area contributed by atoms with Crippen LogP contribution >= 0.6 is 0 Å². The van der Waals surface area contributed by atoms with Crippen LogP contribution in [0.1, 0.15) is 50.0 Å². The Morgan fingerprint density at radius 1 is 1.16 bits per heavy atom. The van der Waals surface area contributed by atoms with Crippen LogP contribution in [0.4, 0.5) is 18.9 Å². The number of ether oxygens (including phenoxy) is 3. The van der Waals surface area contributed by atoms with Gasteiger partial charge >= 0.3 is 12.1 Å². The van der Waals surface area contributed by atoms with Gasteiger partial charge in [-0.2, -0.15) is 18.3 Å². The fourth-order valence-corrected chi connectivity index (χ4v) is 4.50. The van der Waals surface area contributed by atoms with E-state index in [1.165, 1.54) is 10.7 Å². The number of hydrogen-bond acceptors (Lipinski definition) is 6. The van der Waals surface area contributed by atoms with Crippen LogP contribution in [0, 0.1) is 0 Å². The molecule has 0 aliphatic carbocycles. The van der Waals surface area contributed by atoms with Crippen molar-refractivity contribution in [2.24, 2.45) is 0 Å². The number of carbonyl (C=O) groups excluding carboxylic acids is 1. The molecule has 0 bridgehead atoms. The molecule has 3 aromatic rings. The molecular weight excluding hydrogens is 499 g/mol. The van der Waals surface area contributed by atoms with E-state index in [1.807, 2.05) is 25.1 Å². The van der Waals surface area contributed by atoms with Crippen LogP contribution in [0.15, 0.2) is 42.7 Å². The number of halogens is 3. The Morgan fingerprint density at radius 2 is 1.89 bits per heavy atom. The van der Waals surface area contributed by atoms with Crippen LogP contribution in [-0.2, 0) is 26.9 Å². The Bertz CT molecular complexity index is 1330. The van der Waals surface area contributed by atoms with E-state index >= 15 is 0 Å². The van der Waals surface area contributed by atoms with Crippen LogP contribution in [0.3, 0.4) is 0 Å². The summed E-state index contributed by atoms with van der Waals surface area (Å²) in [5.41, 5.74) is 0.405. The molecule has 0 saturated heterocycles. The van der Waals surface area contributed by atoms with Gasteiger partial charge in [-0.15, -0.1) is 0 Å². The molecule has 1 aliphatic heterocycles. The summed E-state index contributed by atoms with van der Waals surface area (Å²) in [6.07, 6.45) is -1.57. The fourth-order valence-electron chi connectivity index (χ4n) is 4.50. The molecule has 10 heteroatoms. The number of hydrogen-bond donors (Lipinski definition) is 0. The van der Waals surface area contributed by atoms with Gasteiger partial charge in [0, 0.05) is 25.2 Å². The van der Waals surface area contributed by atoms with Crippen molar-refractivity contribution in [2.75, 3.05) is 32.7 Å². The zero-order valence-electron chi connectivity index (χ0n) is 22.3. The predicted octanol–water partition coefficient (Wildman–Crippen LogP) is 5.98. The zero-order chi connectivity index (χ0) is 27.8. The number of carbonyl (C=O) groups is 1. The molecule has 1 aromatic heterocycles. The van der Waals surface area contributed by atoms with Gasteiger partial charge in [0.2, 0.25) is 0 Å². The molecule has 1 atom stereocenters. The predicted molar refractivity (Wildman–Crippen MR) is 138 cm³/mol. The molecule has 4 rings (SSSR count). The van der Waals surface area contributed by atoms with E-state index in [0.29, 0.717) is 23.6 Å². The quantitative estimate of drug-likeness (QED) is 0.365. The number of aromatic nitrogens is 2. The Kier molecular flexibility index (Phi) is 7.47. The van der Waals surface area contributed by atoms with Gasteiger partial charge in [-0.1, -0.05) is 6.07 Å². The van der Waals surface area contributed by atoms with Gasteiger partial charge in [0.1, 0.15) is 5.75 Å². The van der Waals surface area contributed by atoms with Crippen LogP contribution in [0.25, 0.3) is 16.8 Å². The van der Waals surface area contributed by atoms with Gasteiger partial charge in [0.05, 0.1) is 48.6 Å². The van der Waals surface area contributed by atoms with E-state index in [-0.39, 0.29) is 11.1 Å². The summed E-state index contributed by atoms with van der Waals surface area (Å²) in [4.78, 5) is 14.9. The Balaban J connectivity index is 2.10. The lowest BCUT2D eigenvalue weighted by Crippen LogP contribution is -2.30. The average Bonchev–Trinajstić information content (AvgIpc) is 3.35. The summed E-state index contributed by atoms with van der Waals surface area (Å²) >= 11 is 0. The standard InChI is InChI=1S/C28H32F3N3O4/c1-27(2,3)38-25(26(35)36-6)24-20(28(29,30)31)10-11-21(34-16-19(15-32-34)33(4)5)23(24)18-9-12-22-17(14-18)8-7-13-37-22/h9-12,14-16,25H,7-8,13H2,1-6H3. The fraction of sp³-hybridized carbons (Fsp3) is 0.429. The third kappa shape index (κ3) is 5.65. The normalized spacial score (nSPS) is 14.4. The first kappa shape index (κ1) is 27.5. The molecule has 7 nitrogen and oxygen atoms in total. The summed E-state index contributed by atoms with van der Waals surface area (Å²) in [5, 5.41) is 4.43. The minimum absolute atomic E-state index is 0.182.